The largest absolute Gasteiger partial charge is 0.321 e. The molecule has 0 N–H and O–H groups in total. The Morgan fingerprint density at radius 2 is 2.21 bits per heavy atom. The van der Waals surface area contributed by atoms with E-state index in [1.165, 1.54) is 0 Å². The summed E-state index contributed by atoms with van der Waals surface area (Å²) in [7, 11) is 0. The molecule has 1 fully saturated rings. The van der Waals surface area contributed by atoms with Crippen molar-refractivity contribution >= 4 is 5.91 Å². The zero-order chi connectivity index (χ0) is 14.0. The zero-order valence-electron chi connectivity index (χ0n) is 11.6. The summed E-state index contributed by atoms with van der Waals surface area (Å²) >= 11 is 0. The molecule has 0 aliphatic carbocycles. The summed E-state index contributed by atoms with van der Waals surface area (Å²) in [6, 6.07) is 5.29. The average Bonchev–Trinajstić information content (AvgIpc) is 2.37. The third-order valence-corrected chi connectivity index (χ3v) is 3.67. The van der Waals surface area contributed by atoms with Crippen LogP contribution in [0.15, 0.2) is 12.1 Å². The Morgan fingerprint density at radius 3 is 2.79 bits per heavy atom. The molecule has 1 atom stereocenters. The predicted octanol–water partition coefficient (Wildman–Crippen LogP) is 1.94. The van der Waals surface area contributed by atoms with Gasteiger partial charge in [-0.2, -0.15) is 10.4 Å². The van der Waals surface area contributed by atoms with Crippen molar-refractivity contribution in [3.63, 3.8) is 0 Å². The summed E-state index contributed by atoms with van der Waals surface area (Å²) in [5.74, 6) is -0.202. The van der Waals surface area contributed by atoms with Crippen LogP contribution < -0.4 is 0 Å². The molecule has 0 radical (unpaired) electrons. The molecule has 2 rings (SSSR count). The van der Waals surface area contributed by atoms with Crippen LogP contribution in [0.1, 0.15) is 42.9 Å². The van der Waals surface area contributed by atoms with E-state index in [0.29, 0.717) is 12.2 Å². The lowest BCUT2D eigenvalue weighted by atomic mass is 9.77. The van der Waals surface area contributed by atoms with Crippen molar-refractivity contribution in [1.29, 1.82) is 5.26 Å². The smallest absolute Gasteiger partial charge is 0.275 e. The SMILES string of the molecule is Cc1ccc(C(=O)N2CCCC(C)(C)C2C#N)nn1. The van der Waals surface area contributed by atoms with Crippen molar-refractivity contribution in [1.82, 2.24) is 15.1 Å². The minimum Gasteiger partial charge on any atom is -0.321 e. The van der Waals surface area contributed by atoms with Crippen molar-refractivity contribution in [3.05, 3.63) is 23.5 Å². The van der Waals surface area contributed by atoms with Gasteiger partial charge in [0.05, 0.1) is 11.8 Å². The van der Waals surface area contributed by atoms with Gasteiger partial charge in [-0.05, 0) is 37.3 Å². The van der Waals surface area contributed by atoms with Gasteiger partial charge in [-0.15, -0.1) is 5.10 Å². The van der Waals surface area contributed by atoms with Crippen LogP contribution >= 0.6 is 0 Å². The van der Waals surface area contributed by atoms with Crippen molar-refractivity contribution in [3.8, 4) is 6.07 Å². The van der Waals surface area contributed by atoms with E-state index in [4.69, 9.17) is 0 Å². The highest BCUT2D eigenvalue weighted by Gasteiger charge is 2.40. The van der Waals surface area contributed by atoms with Crippen LogP contribution in [0.2, 0.25) is 0 Å². The van der Waals surface area contributed by atoms with E-state index in [0.717, 1.165) is 18.5 Å². The molecule has 5 nitrogen and oxygen atoms in total. The first-order valence-electron chi connectivity index (χ1n) is 6.46. The molecule has 0 saturated carbocycles. The number of carbonyl (C=O) groups excluding carboxylic acids is 1. The summed E-state index contributed by atoms with van der Waals surface area (Å²) in [5, 5.41) is 17.2. The lowest BCUT2D eigenvalue weighted by molar-refractivity contribution is 0.0431. The Hall–Kier alpha value is -1.96. The number of nitrogens with zero attached hydrogens (tertiary/aromatic N) is 4. The molecule has 1 aliphatic heterocycles. The van der Waals surface area contributed by atoms with Gasteiger partial charge in [0.1, 0.15) is 6.04 Å². The van der Waals surface area contributed by atoms with Crippen LogP contribution in [0.3, 0.4) is 0 Å². The number of nitriles is 1. The quantitative estimate of drug-likeness (QED) is 0.771. The molecule has 1 unspecified atom stereocenters. The maximum Gasteiger partial charge on any atom is 0.275 e. The lowest BCUT2D eigenvalue weighted by Gasteiger charge is -2.42. The van der Waals surface area contributed by atoms with E-state index in [2.05, 4.69) is 16.3 Å². The Labute approximate surface area is 113 Å². The first-order chi connectivity index (χ1) is 8.95. The molecule has 0 bridgehead atoms. The monoisotopic (exact) mass is 258 g/mol. The predicted molar refractivity (Wildman–Crippen MR) is 70.2 cm³/mol. The van der Waals surface area contributed by atoms with Gasteiger partial charge in [-0.25, -0.2) is 0 Å². The Kier molecular flexibility index (Phi) is 3.52. The standard InChI is InChI=1S/C14H18N4O/c1-10-5-6-11(17-16-10)13(19)18-8-4-7-14(2,3)12(18)9-15/h5-6,12H,4,7-8H2,1-3H3. The van der Waals surface area contributed by atoms with Gasteiger partial charge in [-0.1, -0.05) is 13.8 Å². The van der Waals surface area contributed by atoms with Crippen LogP contribution in [0.25, 0.3) is 0 Å². The summed E-state index contributed by atoms with van der Waals surface area (Å²) in [6.07, 6.45) is 1.87. The van der Waals surface area contributed by atoms with E-state index >= 15 is 0 Å². The molecule has 0 aromatic carbocycles. The highest BCUT2D eigenvalue weighted by Crippen LogP contribution is 2.35. The molecule has 1 saturated heterocycles. The van der Waals surface area contributed by atoms with Crippen LogP contribution in [0.4, 0.5) is 0 Å². The van der Waals surface area contributed by atoms with Gasteiger partial charge in [0, 0.05) is 6.54 Å². The van der Waals surface area contributed by atoms with E-state index in [1.807, 2.05) is 20.8 Å². The Morgan fingerprint density at radius 1 is 1.47 bits per heavy atom. The van der Waals surface area contributed by atoms with Gasteiger partial charge < -0.3 is 4.90 Å². The highest BCUT2D eigenvalue weighted by molar-refractivity contribution is 5.92. The molecular weight excluding hydrogens is 240 g/mol. The van der Waals surface area contributed by atoms with Crippen LogP contribution in [0, 0.1) is 23.7 Å². The zero-order valence-corrected chi connectivity index (χ0v) is 11.6. The summed E-state index contributed by atoms with van der Waals surface area (Å²) in [6.45, 7) is 6.49. The fourth-order valence-corrected chi connectivity index (χ4v) is 2.52. The van der Waals surface area contributed by atoms with Crippen molar-refractivity contribution in [2.24, 2.45) is 5.41 Å². The summed E-state index contributed by atoms with van der Waals surface area (Å²) in [4.78, 5) is 14.1. The molecule has 1 aromatic rings. The van der Waals surface area contributed by atoms with Crippen molar-refractivity contribution < 1.29 is 4.79 Å². The van der Waals surface area contributed by atoms with Crippen molar-refractivity contribution in [2.45, 2.75) is 39.7 Å². The molecular formula is C14H18N4O. The minimum atomic E-state index is -0.406. The number of amides is 1. The average molecular weight is 258 g/mol. The molecule has 1 aliphatic rings. The maximum atomic E-state index is 12.4. The summed E-state index contributed by atoms with van der Waals surface area (Å²) < 4.78 is 0. The van der Waals surface area contributed by atoms with E-state index in [-0.39, 0.29) is 11.3 Å². The van der Waals surface area contributed by atoms with Crippen LogP contribution in [-0.2, 0) is 0 Å². The van der Waals surface area contributed by atoms with E-state index < -0.39 is 6.04 Å². The number of hydrogen-bond acceptors (Lipinski definition) is 4. The normalized spacial score (nSPS) is 21.8. The number of aromatic nitrogens is 2. The van der Waals surface area contributed by atoms with Gasteiger partial charge in [0.15, 0.2) is 5.69 Å². The number of likely N-dealkylation sites (tertiary alicyclic amines) is 1. The summed E-state index contributed by atoms with van der Waals surface area (Å²) in [5.41, 5.74) is 0.900. The fourth-order valence-electron chi connectivity index (χ4n) is 2.52. The van der Waals surface area contributed by atoms with E-state index in [9.17, 15) is 10.1 Å². The third-order valence-electron chi connectivity index (χ3n) is 3.67. The second-order valence-electron chi connectivity index (χ2n) is 5.68. The number of rotatable bonds is 1. The fraction of sp³-hybridized carbons (Fsp3) is 0.571. The second-order valence-corrected chi connectivity index (χ2v) is 5.68. The molecule has 19 heavy (non-hydrogen) atoms. The highest BCUT2D eigenvalue weighted by atomic mass is 16.2. The Balaban J connectivity index is 2.27. The van der Waals surface area contributed by atoms with Gasteiger partial charge in [0.25, 0.3) is 5.91 Å². The van der Waals surface area contributed by atoms with Crippen molar-refractivity contribution in [2.75, 3.05) is 6.54 Å². The third kappa shape index (κ3) is 2.58. The van der Waals surface area contributed by atoms with Gasteiger partial charge >= 0.3 is 0 Å². The first kappa shape index (κ1) is 13.5. The second kappa shape index (κ2) is 4.96. The van der Waals surface area contributed by atoms with Crippen LogP contribution in [0.5, 0.6) is 0 Å². The first-order valence-corrected chi connectivity index (χ1v) is 6.46. The van der Waals surface area contributed by atoms with Crippen LogP contribution in [-0.4, -0.2) is 33.6 Å². The van der Waals surface area contributed by atoms with Gasteiger partial charge in [0.2, 0.25) is 0 Å². The molecule has 0 spiro atoms. The topological polar surface area (TPSA) is 69.9 Å². The molecule has 100 valence electrons. The number of carbonyl (C=O) groups is 1. The Bertz CT molecular complexity index is 515. The number of piperidine rings is 1. The molecule has 1 aromatic heterocycles. The number of aryl methyl sites for hydroxylation is 1. The molecule has 1 amide bonds. The lowest BCUT2D eigenvalue weighted by Crippen LogP contribution is -2.51. The maximum absolute atomic E-state index is 12.4. The molecule has 5 heteroatoms. The van der Waals surface area contributed by atoms with E-state index in [1.54, 1.807) is 17.0 Å². The number of hydrogen-bond donors (Lipinski definition) is 0. The minimum absolute atomic E-state index is 0.180. The van der Waals surface area contributed by atoms with Gasteiger partial charge in [-0.3, -0.25) is 4.79 Å². The molecule has 2 heterocycles.